The number of aromatic nitrogens is 2. The Morgan fingerprint density at radius 3 is 1.68 bits per heavy atom. The SMILES string of the molecule is Cc1nc(N2CCOCC2)cc(N2CCOCC2)n1. The molecule has 2 saturated heterocycles. The highest BCUT2D eigenvalue weighted by Crippen LogP contribution is 2.20. The molecule has 0 radical (unpaired) electrons. The summed E-state index contributed by atoms with van der Waals surface area (Å²) in [4.78, 5) is 13.6. The minimum absolute atomic E-state index is 0.774. The second-order valence-corrected chi connectivity index (χ2v) is 4.83. The number of ether oxygens (including phenoxy) is 2. The molecule has 19 heavy (non-hydrogen) atoms. The second-order valence-electron chi connectivity index (χ2n) is 4.83. The summed E-state index contributed by atoms with van der Waals surface area (Å²) in [6.07, 6.45) is 0. The van der Waals surface area contributed by atoms with Crippen LogP contribution < -0.4 is 9.80 Å². The molecule has 1 aromatic rings. The van der Waals surface area contributed by atoms with Crippen molar-refractivity contribution in [3.8, 4) is 0 Å². The molecule has 2 fully saturated rings. The fourth-order valence-corrected chi connectivity index (χ4v) is 2.45. The van der Waals surface area contributed by atoms with E-state index in [4.69, 9.17) is 9.47 Å². The molecule has 3 heterocycles. The Hall–Kier alpha value is -1.40. The van der Waals surface area contributed by atoms with Gasteiger partial charge in [0.1, 0.15) is 17.5 Å². The fraction of sp³-hybridized carbons (Fsp3) is 0.692. The van der Waals surface area contributed by atoms with E-state index < -0.39 is 0 Å². The van der Waals surface area contributed by atoms with Crippen molar-refractivity contribution in [2.24, 2.45) is 0 Å². The lowest BCUT2D eigenvalue weighted by molar-refractivity contribution is 0.122. The van der Waals surface area contributed by atoms with Crippen LogP contribution in [0.1, 0.15) is 5.82 Å². The van der Waals surface area contributed by atoms with Gasteiger partial charge in [0.25, 0.3) is 0 Å². The molecule has 0 atom stereocenters. The van der Waals surface area contributed by atoms with E-state index in [0.717, 1.165) is 70.1 Å². The van der Waals surface area contributed by atoms with Gasteiger partial charge in [0, 0.05) is 32.2 Å². The number of aryl methyl sites for hydroxylation is 1. The smallest absolute Gasteiger partial charge is 0.134 e. The monoisotopic (exact) mass is 264 g/mol. The summed E-state index contributed by atoms with van der Waals surface area (Å²) in [6, 6.07) is 2.09. The van der Waals surface area contributed by atoms with Gasteiger partial charge in [-0.25, -0.2) is 9.97 Å². The highest BCUT2D eigenvalue weighted by Gasteiger charge is 2.17. The first-order valence-electron chi connectivity index (χ1n) is 6.84. The summed E-state index contributed by atoms with van der Waals surface area (Å²) in [6.45, 7) is 8.65. The van der Waals surface area contributed by atoms with Gasteiger partial charge in [0.05, 0.1) is 26.4 Å². The zero-order chi connectivity index (χ0) is 13.1. The predicted octanol–water partition coefficient (Wildman–Crippen LogP) is 0.458. The Kier molecular flexibility index (Phi) is 3.79. The van der Waals surface area contributed by atoms with Gasteiger partial charge in [-0.05, 0) is 6.92 Å². The highest BCUT2D eigenvalue weighted by atomic mass is 16.5. The molecule has 0 aromatic carbocycles. The topological polar surface area (TPSA) is 50.7 Å². The molecule has 0 spiro atoms. The van der Waals surface area contributed by atoms with Gasteiger partial charge in [0.15, 0.2) is 0 Å². The van der Waals surface area contributed by atoms with Crippen LogP contribution in [0.3, 0.4) is 0 Å². The molecule has 2 aliphatic heterocycles. The van der Waals surface area contributed by atoms with Crippen molar-refractivity contribution in [1.82, 2.24) is 9.97 Å². The van der Waals surface area contributed by atoms with Crippen molar-refractivity contribution in [2.45, 2.75) is 6.92 Å². The van der Waals surface area contributed by atoms with Gasteiger partial charge in [-0.3, -0.25) is 0 Å². The van der Waals surface area contributed by atoms with Gasteiger partial charge >= 0.3 is 0 Å². The van der Waals surface area contributed by atoms with Gasteiger partial charge in [-0.15, -0.1) is 0 Å². The molecule has 0 saturated carbocycles. The maximum Gasteiger partial charge on any atom is 0.134 e. The fourth-order valence-electron chi connectivity index (χ4n) is 2.45. The van der Waals surface area contributed by atoms with Crippen molar-refractivity contribution < 1.29 is 9.47 Å². The summed E-state index contributed by atoms with van der Waals surface area (Å²) in [5.41, 5.74) is 0. The number of nitrogens with zero attached hydrogens (tertiary/aromatic N) is 4. The second kappa shape index (κ2) is 5.71. The van der Waals surface area contributed by atoms with E-state index in [2.05, 4.69) is 25.8 Å². The standard InChI is InChI=1S/C13H20N4O2/c1-11-14-12(16-2-6-18-7-3-16)10-13(15-11)17-4-8-19-9-5-17/h10H,2-9H2,1H3. The number of morpholine rings is 2. The summed E-state index contributed by atoms with van der Waals surface area (Å²) < 4.78 is 10.8. The zero-order valence-electron chi connectivity index (χ0n) is 11.3. The maximum atomic E-state index is 5.39. The summed E-state index contributed by atoms with van der Waals surface area (Å²) >= 11 is 0. The lowest BCUT2D eigenvalue weighted by atomic mass is 10.3. The van der Waals surface area contributed by atoms with Crippen LogP contribution in [0.15, 0.2) is 6.07 Å². The molecule has 0 amide bonds. The molecule has 6 nitrogen and oxygen atoms in total. The van der Waals surface area contributed by atoms with Crippen molar-refractivity contribution in [1.29, 1.82) is 0 Å². The first kappa shape index (κ1) is 12.6. The van der Waals surface area contributed by atoms with E-state index in [1.807, 2.05) is 6.92 Å². The molecular formula is C13H20N4O2. The Morgan fingerprint density at radius 1 is 0.842 bits per heavy atom. The minimum atomic E-state index is 0.774. The molecule has 1 aromatic heterocycles. The van der Waals surface area contributed by atoms with Gasteiger partial charge in [-0.2, -0.15) is 0 Å². The lowest BCUT2D eigenvalue weighted by Gasteiger charge is -2.31. The number of rotatable bonds is 2. The lowest BCUT2D eigenvalue weighted by Crippen LogP contribution is -2.39. The van der Waals surface area contributed by atoms with E-state index in [1.54, 1.807) is 0 Å². The Morgan fingerprint density at radius 2 is 1.26 bits per heavy atom. The molecule has 104 valence electrons. The normalized spacial score (nSPS) is 20.7. The third-order valence-corrected chi connectivity index (χ3v) is 3.48. The van der Waals surface area contributed by atoms with E-state index >= 15 is 0 Å². The number of hydrogen-bond donors (Lipinski definition) is 0. The third-order valence-electron chi connectivity index (χ3n) is 3.48. The van der Waals surface area contributed by atoms with Crippen LogP contribution in [0.4, 0.5) is 11.6 Å². The number of anilines is 2. The van der Waals surface area contributed by atoms with Crippen LogP contribution in [0.5, 0.6) is 0 Å². The van der Waals surface area contributed by atoms with Crippen LogP contribution in [0, 0.1) is 6.92 Å². The molecule has 0 aliphatic carbocycles. The highest BCUT2D eigenvalue weighted by molar-refractivity contribution is 5.51. The molecule has 3 rings (SSSR count). The van der Waals surface area contributed by atoms with Crippen molar-refractivity contribution in [3.05, 3.63) is 11.9 Å². The average Bonchev–Trinajstić information content (AvgIpc) is 2.48. The van der Waals surface area contributed by atoms with Gasteiger partial charge in [-0.1, -0.05) is 0 Å². The van der Waals surface area contributed by atoms with Crippen molar-refractivity contribution in [3.63, 3.8) is 0 Å². The van der Waals surface area contributed by atoms with Crippen LogP contribution in [-0.2, 0) is 9.47 Å². The van der Waals surface area contributed by atoms with Crippen LogP contribution in [0.2, 0.25) is 0 Å². The summed E-state index contributed by atoms with van der Waals surface area (Å²) in [7, 11) is 0. The summed E-state index contributed by atoms with van der Waals surface area (Å²) in [5, 5.41) is 0. The third kappa shape index (κ3) is 2.96. The van der Waals surface area contributed by atoms with Crippen LogP contribution in [-0.4, -0.2) is 62.6 Å². The zero-order valence-corrected chi connectivity index (χ0v) is 11.3. The predicted molar refractivity (Wildman–Crippen MR) is 72.8 cm³/mol. The molecule has 0 unspecified atom stereocenters. The largest absolute Gasteiger partial charge is 0.378 e. The van der Waals surface area contributed by atoms with E-state index in [0.29, 0.717) is 0 Å². The maximum absolute atomic E-state index is 5.39. The first-order chi connectivity index (χ1) is 9.33. The van der Waals surface area contributed by atoms with E-state index in [-0.39, 0.29) is 0 Å². The molecule has 0 bridgehead atoms. The van der Waals surface area contributed by atoms with Crippen LogP contribution in [0.25, 0.3) is 0 Å². The minimum Gasteiger partial charge on any atom is -0.378 e. The Balaban J connectivity index is 1.82. The first-order valence-corrected chi connectivity index (χ1v) is 6.84. The molecule has 2 aliphatic rings. The quantitative estimate of drug-likeness (QED) is 0.773. The van der Waals surface area contributed by atoms with Crippen LogP contribution >= 0.6 is 0 Å². The molecular weight excluding hydrogens is 244 g/mol. The summed E-state index contributed by atoms with van der Waals surface area (Å²) in [5.74, 6) is 2.85. The molecule has 6 heteroatoms. The Bertz CT molecular complexity index is 392. The van der Waals surface area contributed by atoms with Crippen molar-refractivity contribution in [2.75, 3.05) is 62.4 Å². The Labute approximate surface area is 113 Å². The number of hydrogen-bond acceptors (Lipinski definition) is 6. The van der Waals surface area contributed by atoms with E-state index in [9.17, 15) is 0 Å². The van der Waals surface area contributed by atoms with Gasteiger partial charge in [0.2, 0.25) is 0 Å². The van der Waals surface area contributed by atoms with E-state index in [1.165, 1.54) is 0 Å². The van der Waals surface area contributed by atoms with Crippen molar-refractivity contribution >= 4 is 11.6 Å². The van der Waals surface area contributed by atoms with Gasteiger partial charge < -0.3 is 19.3 Å². The molecule has 0 N–H and O–H groups in total. The average molecular weight is 264 g/mol.